The lowest BCUT2D eigenvalue weighted by molar-refractivity contribution is 0.0940. The van der Waals surface area contributed by atoms with Gasteiger partial charge in [0.1, 0.15) is 0 Å². The molecule has 1 aromatic rings. The predicted octanol–water partition coefficient (Wildman–Crippen LogP) is 2.43. The molecule has 14 heavy (non-hydrogen) atoms. The third kappa shape index (κ3) is 3.04. The summed E-state index contributed by atoms with van der Waals surface area (Å²) in [7, 11) is 0. The molecule has 1 N–H and O–H groups in total. The molecule has 0 saturated carbocycles. The summed E-state index contributed by atoms with van der Waals surface area (Å²) in [5.74, 6) is -0.0781. The summed E-state index contributed by atoms with van der Waals surface area (Å²) in [6.07, 6.45) is 0. The molecule has 0 fully saturated rings. The van der Waals surface area contributed by atoms with Crippen molar-refractivity contribution in [3.63, 3.8) is 0 Å². The molecule has 0 aliphatic rings. The van der Waals surface area contributed by atoms with Crippen LogP contribution in [0, 0.1) is 0 Å². The molecule has 1 aromatic carbocycles. The van der Waals surface area contributed by atoms with E-state index < -0.39 is 0 Å². The van der Waals surface area contributed by atoms with E-state index in [1.807, 2.05) is 32.0 Å². The number of hydrogen-bond donors (Lipinski definition) is 1. The number of amides is 1. The number of rotatable bonds is 3. The molecule has 0 bridgehead atoms. The zero-order chi connectivity index (χ0) is 10.6. The Hall–Kier alpha value is -1.02. The third-order valence-corrected chi connectivity index (χ3v) is 2.46. The van der Waals surface area contributed by atoms with Gasteiger partial charge in [-0.05, 0) is 26.0 Å². The molecule has 1 amide bonds. The monoisotopic (exact) mass is 211 g/mol. The SMILES string of the molecule is CC(Cl)C(C)NC(=O)c1ccccc1. The number of carbonyl (C=O) groups is 1. The Morgan fingerprint density at radius 3 is 2.36 bits per heavy atom. The fourth-order valence-electron chi connectivity index (χ4n) is 0.994. The van der Waals surface area contributed by atoms with Crippen LogP contribution in [-0.2, 0) is 0 Å². The predicted molar refractivity (Wildman–Crippen MR) is 58.7 cm³/mol. The molecule has 0 spiro atoms. The molecule has 0 aromatic heterocycles. The van der Waals surface area contributed by atoms with Crippen LogP contribution < -0.4 is 5.32 Å². The molecule has 3 heteroatoms. The van der Waals surface area contributed by atoms with Crippen LogP contribution in [0.2, 0.25) is 0 Å². The average molecular weight is 212 g/mol. The first-order chi connectivity index (χ1) is 6.61. The molecule has 2 atom stereocenters. The summed E-state index contributed by atoms with van der Waals surface area (Å²) in [6, 6.07) is 9.09. The number of halogens is 1. The van der Waals surface area contributed by atoms with E-state index in [4.69, 9.17) is 11.6 Å². The molecular formula is C11H14ClNO. The minimum Gasteiger partial charge on any atom is -0.348 e. The number of nitrogens with one attached hydrogen (secondary N) is 1. The van der Waals surface area contributed by atoms with Crippen molar-refractivity contribution < 1.29 is 4.79 Å². The first-order valence-electron chi connectivity index (χ1n) is 4.61. The van der Waals surface area contributed by atoms with Crippen LogP contribution in [0.5, 0.6) is 0 Å². The van der Waals surface area contributed by atoms with Crippen LogP contribution in [0.25, 0.3) is 0 Å². The van der Waals surface area contributed by atoms with Crippen LogP contribution in [0.4, 0.5) is 0 Å². The van der Waals surface area contributed by atoms with E-state index in [2.05, 4.69) is 5.32 Å². The number of benzene rings is 1. The second-order valence-electron chi connectivity index (χ2n) is 3.31. The van der Waals surface area contributed by atoms with Gasteiger partial charge in [0, 0.05) is 11.6 Å². The molecule has 2 unspecified atom stereocenters. The van der Waals surface area contributed by atoms with Gasteiger partial charge in [-0.2, -0.15) is 0 Å². The lowest BCUT2D eigenvalue weighted by atomic mass is 10.2. The third-order valence-electron chi connectivity index (χ3n) is 2.08. The average Bonchev–Trinajstić information content (AvgIpc) is 2.19. The largest absolute Gasteiger partial charge is 0.348 e. The van der Waals surface area contributed by atoms with E-state index in [9.17, 15) is 4.79 Å². The number of carbonyl (C=O) groups excluding carboxylic acids is 1. The van der Waals surface area contributed by atoms with E-state index in [0.717, 1.165) is 0 Å². The van der Waals surface area contributed by atoms with Crippen LogP contribution in [0.15, 0.2) is 30.3 Å². The van der Waals surface area contributed by atoms with Crippen LogP contribution in [-0.4, -0.2) is 17.3 Å². The Kier molecular flexibility index (Phi) is 3.96. The molecular weight excluding hydrogens is 198 g/mol. The van der Waals surface area contributed by atoms with Gasteiger partial charge in [-0.25, -0.2) is 0 Å². The summed E-state index contributed by atoms with van der Waals surface area (Å²) in [4.78, 5) is 11.6. The smallest absolute Gasteiger partial charge is 0.251 e. The quantitative estimate of drug-likeness (QED) is 0.765. The molecule has 2 nitrogen and oxygen atoms in total. The minimum atomic E-state index is -0.0781. The Balaban J connectivity index is 2.60. The summed E-state index contributed by atoms with van der Waals surface area (Å²) < 4.78 is 0. The molecule has 76 valence electrons. The highest BCUT2D eigenvalue weighted by Crippen LogP contribution is 2.03. The van der Waals surface area contributed by atoms with E-state index in [1.165, 1.54) is 0 Å². The van der Waals surface area contributed by atoms with Gasteiger partial charge >= 0.3 is 0 Å². The summed E-state index contributed by atoms with van der Waals surface area (Å²) >= 11 is 5.85. The van der Waals surface area contributed by atoms with Gasteiger partial charge < -0.3 is 5.32 Å². The summed E-state index contributed by atoms with van der Waals surface area (Å²) in [6.45, 7) is 3.75. The normalized spacial score (nSPS) is 14.5. The van der Waals surface area contributed by atoms with Crippen LogP contribution in [0.1, 0.15) is 24.2 Å². The maximum Gasteiger partial charge on any atom is 0.251 e. The number of hydrogen-bond acceptors (Lipinski definition) is 1. The lowest BCUT2D eigenvalue weighted by Gasteiger charge is -2.15. The van der Waals surface area contributed by atoms with Gasteiger partial charge in [0.2, 0.25) is 0 Å². The van der Waals surface area contributed by atoms with E-state index in [0.29, 0.717) is 5.56 Å². The van der Waals surface area contributed by atoms with Gasteiger partial charge in [-0.15, -0.1) is 11.6 Å². The topological polar surface area (TPSA) is 29.1 Å². The molecule has 1 rings (SSSR count). The first kappa shape index (κ1) is 11.1. The Bertz CT molecular complexity index is 297. The second kappa shape index (κ2) is 5.01. The van der Waals surface area contributed by atoms with Crippen molar-refractivity contribution in [3.8, 4) is 0 Å². The Morgan fingerprint density at radius 2 is 1.86 bits per heavy atom. The zero-order valence-corrected chi connectivity index (χ0v) is 9.08. The van der Waals surface area contributed by atoms with Crippen molar-refractivity contribution in [3.05, 3.63) is 35.9 Å². The van der Waals surface area contributed by atoms with Crippen molar-refractivity contribution in [2.75, 3.05) is 0 Å². The maximum absolute atomic E-state index is 11.6. The van der Waals surface area contributed by atoms with Crippen molar-refractivity contribution in [2.45, 2.75) is 25.3 Å². The highest BCUT2D eigenvalue weighted by atomic mass is 35.5. The van der Waals surface area contributed by atoms with Crippen molar-refractivity contribution in [1.82, 2.24) is 5.32 Å². The summed E-state index contributed by atoms with van der Waals surface area (Å²) in [5, 5.41) is 2.76. The molecule has 0 heterocycles. The Morgan fingerprint density at radius 1 is 1.29 bits per heavy atom. The van der Waals surface area contributed by atoms with Crippen molar-refractivity contribution in [2.24, 2.45) is 0 Å². The van der Waals surface area contributed by atoms with Gasteiger partial charge in [0.05, 0.1) is 5.38 Å². The van der Waals surface area contributed by atoms with Gasteiger partial charge in [-0.3, -0.25) is 4.79 Å². The van der Waals surface area contributed by atoms with Gasteiger partial charge in [0.25, 0.3) is 5.91 Å². The maximum atomic E-state index is 11.6. The summed E-state index contributed by atoms with van der Waals surface area (Å²) in [5.41, 5.74) is 0.664. The van der Waals surface area contributed by atoms with E-state index >= 15 is 0 Å². The highest BCUT2D eigenvalue weighted by Gasteiger charge is 2.12. The Labute approximate surface area is 89.3 Å². The highest BCUT2D eigenvalue weighted by molar-refractivity contribution is 6.21. The zero-order valence-electron chi connectivity index (χ0n) is 8.33. The van der Waals surface area contributed by atoms with Gasteiger partial charge in [-0.1, -0.05) is 18.2 Å². The molecule has 0 aliphatic carbocycles. The van der Waals surface area contributed by atoms with E-state index in [-0.39, 0.29) is 17.3 Å². The van der Waals surface area contributed by atoms with Crippen LogP contribution >= 0.6 is 11.6 Å². The van der Waals surface area contributed by atoms with Gasteiger partial charge in [0.15, 0.2) is 0 Å². The van der Waals surface area contributed by atoms with Crippen molar-refractivity contribution >= 4 is 17.5 Å². The molecule has 0 saturated heterocycles. The van der Waals surface area contributed by atoms with E-state index in [1.54, 1.807) is 12.1 Å². The molecule has 0 radical (unpaired) electrons. The fraction of sp³-hybridized carbons (Fsp3) is 0.364. The molecule has 0 aliphatic heterocycles. The number of alkyl halides is 1. The fourth-order valence-corrected chi connectivity index (χ4v) is 1.06. The standard InChI is InChI=1S/C11H14ClNO/c1-8(12)9(2)13-11(14)10-6-4-3-5-7-10/h3-9H,1-2H3,(H,13,14). The first-order valence-corrected chi connectivity index (χ1v) is 5.05. The van der Waals surface area contributed by atoms with Crippen LogP contribution in [0.3, 0.4) is 0 Å². The lowest BCUT2D eigenvalue weighted by Crippen LogP contribution is -2.37. The van der Waals surface area contributed by atoms with Crippen molar-refractivity contribution in [1.29, 1.82) is 0 Å². The minimum absolute atomic E-state index is 0.0237. The second-order valence-corrected chi connectivity index (χ2v) is 3.99.